The highest BCUT2D eigenvalue weighted by atomic mass is 35.5. The number of halogens is 1. The van der Waals surface area contributed by atoms with Crippen LogP contribution in [0.1, 0.15) is 28.4 Å². The van der Waals surface area contributed by atoms with Crippen LogP contribution in [-0.2, 0) is 11.2 Å². The van der Waals surface area contributed by atoms with E-state index in [0.717, 1.165) is 16.8 Å². The van der Waals surface area contributed by atoms with Crippen molar-refractivity contribution in [2.75, 3.05) is 5.32 Å². The lowest BCUT2D eigenvalue weighted by Gasteiger charge is -2.16. The number of para-hydroxylation sites is 1. The Morgan fingerprint density at radius 1 is 0.893 bits per heavy atom. The van der Waals surface area contributed by atoms with Gasteiger partial charge in [0, 0.05) is 16.3 Å². The number of carbonyl (C=O) groups excluding carboxylic acids is 2. The van der Waals surface area contributed by atoms with E-state index in [-0.39, 0.29) is 11.8 Å². The van der Waals surface area contributed by atoms with Crippen molar-refractivity contribution in [2.45, 2.75) is 19.4 Å². The standard InChI is InChI=1S/C23H21ClN2O2/c1-16(25-23(28)18-11-13-20(24)14-12-18)22(27)26-21-10-6-5-9-19(21)15-17-7-3-2-4-8-17/h2-14,16H,15H2,1H3,(H,25,28)(H,26,27)/t16-/m0/s1. The summed E-state index contributed by atoms with van der Waals surface area (Å²) >= 11 is 5.84. The zero-order valence-electron chi connectivity index (χ0n) is 15.5. The van der Waals surface area contributed by atoms with E-state index in [0.29, 0.717) is 17.0 Å². The predicted molar refractivity (Wildman–Crippen MR) is 113 cm³/mol. The Labute approximate surface area is 169 Å². The Hall–Kier alpha value is -3.11. The minimum absolute atomic E-state index is 0.275. The number of rotatable bonds is 6. The third-order valence-corrected chi connectivity index (χ3v) is 4.61. The predicted octanol–water partition coefficient (Wildman–Crippen LogP) is 4.69. The van der Waals surface area contributed by atoms with Gasteiger partial charge in [0.05, 0.1) is 0 Å². The molecule has 28 heavy (non-hydrogen) atoms. The first-order valence-electron chi connectivity index (χ1n) is 9.02. The van der Waals surface area contributed by atoms with Crippen LogP contribution < -0.4 is 10.6 Å². The average molecular weight is 393 g/mol. The third kappa shape index (κ3) is 5.21. The fraction of sp³-hybridized carbons (Fsp3) is 0.130. The van der Waals surface area contributed by atoms with E-state index in [1.54, 1.807) is 31.2 Å². The first-order valence-corrected chi connectivity index (χ1v) is 9.40. The number of hydrogen-bond donors (Lipinski definition) is 2. The summed E-state index contributed by atoms with van der Waals surface area (Å²) < 4.78 is 0. The van der Waals surface area contributed by atoms with Gasteiger partial charge in [-0.2, -0.15) is 0 Å². The molecule has 0 heterocycles. The summed E-state index contributed by atoms with van der Waals surface area (Å²) in [4.78, 5) is 24.9. The van der Waals surface area contributed by atoms with Gasteiger partial charge in [-0.3, -0.25) is 9.59 Å². The van der Waals surface area contributed by atoms with E-state index in [9.17, 15) is 9.59 Å². The SMILES string of the molecule is C[C@H](NC(=O)c1ccc(Cl)cc1)C(=O)Nc1ccccc1Cc1ccccc1. The lowest BCUT2D eigenvalue weighted by Crippen LogP contribution is -2.41. The van der Waals surface area contributed by atoms with Crippen LogP contribution in [0.2, 0.25) is 5.02 Å². The molecule has 142 valence electrons. The molecule has 3 aromatic rings. The minimum Gasteiger partial charge on any atom is -0.341 e. The fourth-order valence-corrected chi connectivity index (χ4v) is 2.93. The molecule has 2 amide bonds. The first-order chi connectivity index (χ1) is 13.5. The molecule has 3 rings (SSSR count). The minimum atomic E-state index is -0.687. The van der Waals surface area contributed by atoms with Crippen LogP contribution in [0.5, 0.6) is 0 Å². The first kappa shape index (κ1) is 19.6. The summed E-state index contributed by atoms with van der Waals surface area (Å²) in [5.74, 6) is -0.597. The molecule has 2 N–H and O–H groups in total. The Balaban J connectivity index is 1.65. The molecule has 0 spiro atoms. The molecular weight excluding hydrogens is 372 g/mol. The van der Waals surface area contributed by atoms with E-state index in [1.807, 2.05) is 54.6 Å². The summed E-state index contributed by atoms with van der Waals surface area (Å²) in [5, 5.41) is 6.19. The molecule has 0 fully saturated rings. The number of hydrogen-bond acceptors (Lipinski definition) is 2. The van der Waals surface area contributed by atoms with Crippen LogP contribution in [0.15, 0.2) is 78.9 Å². The normalized spacial score (nSPS) is 11.5. The maximum absolute atomic E-state index is 12.6. The quantitative estimate of drug-likeness (QED) is 0.639. The van der Waals surface area contributed by atoms with Crippen molar-refractivity contribution in [3.8, 4) is 0 Å². The fourth-order valence-electron chi connectivity index (χ4n) is 2.80. The van der Waals surface area contributed by atoms with E-state index in [2.05, 4.69) is 10.6 Å². The van der Waals surface area contributed by atoms with Gasteiger partial charge in [-0.05, 0) is 54.8 Å². The summed E-state index contributed by atoms with van der Waals surface area (Å²) in [6, 6.07) is 23.6. The van der Waals surface area contributed by atoms with Gasteiger partial charge in [0.1, 0.15) is 6.04 Å². The highest BCUT2D eigenvalue weighted by Crippen LogP contribution is 2.19. The summed E-state index contributed by atoms with van der Waals surface area (Å²) in [6.45, 7) is 1.66. The molecule has 0 aliphatic carbocycles. The largest absolute Gasteiger partial charge is 0.341 e. The van der Waals surface area contributed by atoms with Gasteiger partial charge < -0.3 is 10.6 Å². The Kier molecular flexibility index (Phi) is 6.45. The van der Waals surface area contributed by atoms with Crippen LogP contribution >= 0.6 is 11.6 Å². The summed E-state index contributed by atoms with van der Waals surface area (Å²) in [7, 11) is 0. The summed E-state index contributed by atoms with van der Waals surface area (Å²) in [6.07, 6.45) is 0.711. The number of anilines is 1. The van der Waals surface area contributed by atoms with E-state index < -0.39 is 6.04 Å². The molecule has 0 saturated carbocycles. The molecule has 0 aromatic heterocycles. The van der Waals surface area contributed by atoms with E-state index in [4.69, 9.17) is 11.6 Å². The maximum atomic E-state index is 12.6. The second-order valence-corrected chi connectivity index (χ2v) is 6.95. The smallest absolute Gasteiger partial charge is 0.251 e. The molecule has 0 radical (unpaired) electrons. The van der Waals surface area contributed by atoms with Crippen molar-refractivity contribution in [3.63, 3.8) is 0 Å². The summed E-state index contributed by atoms with van der Waals surface area (Å²) in [5.41, 5.74) is 3.36. The highest BCUT2D eigenvalue weighted by Gasteiger charge is 2.17. The zero-order chi connectivity index (χ0) is 19.9. The number of amides is 2. The Morgan fingerprint density at radius 3 is 2.25 bits per heavy atom. The Bertz CT molecular complexity index is 956. The highest BCUT2D eigenvalue weighted by molar-refractivity contribution is 6.30. The van der Waals surface area contributed by atoms with Crippen molar-refractivity contribution in [3.05, 3.63) is 101 Å². The van der Waals surface area contributed by atoms with Crippen LogP contribution in [0.4, 0.5) is 5.69 Å². The molecule has 4 nitrogen and oxygen atoms in total. The number of benzene rings is 3. The van der Waals surface area contributed by atoms with Crippen LogP contribution in [0.25, 0.3) is 0 Å². The van der Waals surface area contributed by atoms with Crippen molar-refractivity contribution < 1.29 is 9.59 Å². The van der Waals surface area contributed by atoms with Crippen molar-refractivity contribution >= 4 is 29.1 Å². The van der Waals surface area contributed by atoms with Crippen LogP contribution in [-0.4, -0.2) is 17.9 Å². The van der Waals surface area contributed by atoms with Gasteiger partial charge in [-0.15, -0.1) is 0 Å². The Morgan fingerprint density at radius 2 is 1.54 bits per heavy atom. The van der Waals surface area contributed by atoms with Gasteiger partial charge in [0.15, 0.2) is 0 Å². The topological polar surface area (TPSA) is 58.2 Å². The molecule has 0 aliphatic rings. The lowest BCUT2D eigenvalue weighted by atomic mass is 10.0. The van der Waals surface area contributed by atoms with Gasteiger partial charge >= 0.3 is 0 Å². The molecule has 1 atom stereocenters. The van der Waals surface area contributed by atoms with Crippen LogP contribution in [0, 0.1) is 0 Å². The molecule has 3 aromatic carbocycles. The second-order valence-electron chi connectivity index (χ2n) is 6.51. The maximum Gasteiger partial charge on any atom is 0.251 e. The number of carbonyl (C=O) groups is 2. The average Bonchev–Trinajstić information content (AvgIpc) is 2.70. The van der Waals surface area contributed by atoms with Crippen molar-refractivity contribution in [2.24, 2.45) is 0 Å². The molecule has 0 bridgehead atoms. The molecule has 0 unspecified atom stereocenters. The van der Waals surface area contributed by atoms with E-state index >= 15 is 0 Å². The monoisotopic (exact) mass is 392 g/mol. The molecular formula is C23H21ClN2O2. The van der Waals surface area contributed by atoms with Gasteiger partial charge in [-0.1, -0.05) is 60.1 Å². The third-order valence-electron chi connectivity index (χ3n) is 4.36. The lowest BCUT2D eigenvalue weighted by molar-refractivity contribution is -0.117. The van der Waals surface area contributed by atoms with Gasteiger partial charge in [0.25, 0.3) is 5.91 Å². The number of nitrogens with one attached hydrogen (secondary N) is 2. The molecule has 0 saturated heterocycles. The molecule has 0 aliphatic heterocycles. The van der Waals surface area contributed by atoms with Crippen molar-refractivity contribution in [1.82, 2.24) is 5.32 Å². The zero-order valence-corrected chi connectivity index (χ0v) is 16.2. The van der Waals surface area contributed by atoms with Crippen molar-refractivity contribution in [1.29, 1.82) is 0 Å². The van der Waals surface area contributed by atoms with Gasteiger partial charge in [0.2, 0.25) is 5.91 Å². The van der Waals surface area contributed by atoms with Gasteiger partial charge in [-0.25, -0.2) is 0 Å². The second kappa shape index (κ2) is 9.20. The molecule has 5 heteroatoms. The van der Waals surface area contributed by atoms with E-state index in [1.165, 1.54) is 0 Å². The van der Waals surface area contributed by atoms with Crippen LogP contribution in [0.3, 0.4) is 0 Å².